The Balaban J connectivity index is 2.04. The summed E-state index contributed by atoms with van der Waals surface area (Å²) in [7, 11) is 0. The van der Waals surface area contributed by atoms with Gasteiger partial charge in [0, 0.05) is 11.6 Å². The zero-order valence-electron chi connectivity index (χ0n) is 10.5. The van der Waals surface area contributed by atoms with Crippen LogP contribution >= 0.6 is 0 Å². The van der Waals surface area contributed by atoms with Gasteiger partial charge in [0.25, 0.3) is 0 Å². The molecule has 0 unspecified atom stereocenters. The number of rotatable bonds is 1. The van der Waals surface area contributed by atoms with Crippen molar-refractivity contribution < 1.29 is 4.39 Å². The standard InChI is InChI=1S/C16H10FN3/c17-12-6-3-7-13-15(12)20-16(19-13)14-11-5-2-1-4-10(11)8-9-18-14/h1-9H,(H,19,20). The number of nitrogens with zero attached hydrogens (tertiary/aromatic N) is 2. The van der Waals surface area contributed by atoms with Crippen molar-refractivity contribution in [1.29, 1.82) is 0 Å². The monoisotopic (exact) mass is 263 g/mol. The molecule has 2 heterocycles. The molecule has 4 heteroatoms. The second-order valence-electron chi connectivity index (χ2n) is 4.60. The Hall–Kier alpha value is -2.75. The second-order valence-corrected chi connectivity index (χ2v) is 4.60. The molecule has 2 aromatic heterocycles. The van der Waals surface area contributed by atoms with E-state index in [2.05, 4.69) is 15.0 Å². The van der Waals surface area contributed by atoms with Gasteiger partial charge in [-0.25, -0.2) is 9.37 Å². The van der Waals surface area contributed by atoms with E-state index in [1.165, 1.54) is 6.07 Å². The number of benzene rings is 2. The number of para-hydroxylation sites is 1. The number of pyridine rings is 1. The van der Waals surface area contributed by atoms with E-state index in [0.29, 0.717) is 16.9 Å². The van der Waals surface area contributed by atoms with E-state index in [4.69, 9.17) is 0 Å². The quantitative estimate of drug-likeness (QED) is 0.565. The summed E-state index contributed by atoms with van der Waals surface area (Å²) in [5, 5.41) is 2.08. The van der Waals surface area contributed by atoms with Gasteiger partial charge in [-0.05, 0) is 23.6 Å². The van der Waals surface area contributed by atoms with Gasteiger partial charge in [0.15, 0.2) is 11.6 Å². The number of imidazole rings is 1. The van der Waals surface area contributed by atoms with Crippen LogP contribution in [0.3, 0.4) is 0 Å². The highest BCUT2D eigenvalue weighted by atomic mass is 19.1. The highest BCUT2D eigenvalue weighted by Gasteiger charge is 2.11. The van der Waals surface area contributed by atoms with Crippen LogP contribution in [0.5, 0.6) is 0 Å². The van der Waals surface area contributed by atoms with Gasteiger partial charge < -0.3 is 4.98 Å². The lowest BCUT2D eigenvalue weighted by Crippen LogP contribution is -1.87. The van der Waals surface area contributed by atoms with E-state index in [0.717, 1.165) is 16.5 Å². The molecule has 1 N–H and O–H groups in total. The van der Waals surface area contributed by atoms with E-state index in [-0.39, 0.29) is 5.82 Å². The van der Waals surface area contributed by atoms with Crippen molar-refractivity contribution in [3.8, 4) is 11.5 Å². The van der Waals surface area contributed by atoms with Gasteiger partial charge in [0.05, 0.1) is 5.52 Å². The summed E-state index contributed by atoms with van der Waals surface area (Å²) in [6.45, 7) is 0. The maximum absolute atomic E-state index is 13.7. The van der Waals surface area contributed by atoms with Gasteiger partial charge >= 0.3 is 0 Å². The number of hydrogen-bond acceptors (Lipinski definition) is 2. The number of fused-ring (bicyclic) bond motifs is 2. The van der Waals surface area contributed by atoms with Gasteiger partial charge in [0.1, 0.15) is 11.2 Å². The van der Waals surface area contributed by atoms with Gasteiger partial charge in [-0.3, -0.25) is 4.98 Å². The molecule has 4 rings (SSSR count). The first kappa shape index (κ1) is 11.1. The summed E-state index contributed by atoms with van der Waals surface area (Å²) in [6.07, 6.45) is 1.74. The molecule has 20 heavy (non-hydrogen) atoms. The molecule has 0 radical (unpaired) electrons. The van der Waals surface area contributed by atoms with Crippen LogP contribution in [-0.4, -0.2) is 15.0 Å². The lowest BCUT2D eigenvalue weighted by molar-refractivity contribution is 0.637. The third-order valence-electron chi connectivity index (χ3n) is 3.36. The van der Waals surface area contributed by atoms with E-state index in [1.807, 2.05) is 30.3 Å². The topological polar surface area (TPSA) is 41.6 Å². The minimum atomic E-state index is -0.328. The van der Waals surface area contributed by atoms with Crippen LogP contribution < -0.4 is 0 Å². The molecule has 0 bridgehead atoms. The fourth-order valence-electron chi connectivity index (χ4n) is 2.42. The van der Waals surface area contributed by atoms with Gasteiger partial charge in [-0.2, -0.15) is 0 Å². The van der Waals surface area contributed by atoms with Crippen molar-refractivity contribution >= 4 is 21.8 Å². The first-order chi connectivity index (χ1) is 9.83. The van der Waals surface area contributed by atoms with Gasteiger partial charge in [-0.15, -0.1) is 0 Å². The number of aromatic nitrogens is 3. The third-order valence-corrected chi connectivity index (χ3v) is 3.36. The molecule has 0 saturated carbocycles. The number of aromatic amines is 1. The molecule has 2 aromatic carbocycles. The van der Waals surface area contributed by atoms with Crippen LogP contribution in [0.1, 0.15) is 0 Å². The zero-order valence-corrected chi connectivity index (χ0v) is 10.5. The molecule has 0 aliphatic heterocycles. The van der Waals surface area contributed by atoms with E-state index < -0.39 is 0 Å². The van der Waals surface area contributed by atoms with Crippen LogP contribution in [0.4, 0.5) is 4.39 Å². The van der Waals surface area contributed by atoms with Crippen molar-refractivity contribution in [2.24, 2.45) is 0 Å². The Morgan fingerprint density at radius 2 is 1.85 bits per heavy atom. The summed E-state index contributed by atoms with van der Waals surface area (Å²) >= 11 is 0. The van der Waals surface area contributed by atoms with Crippen LogP contribution in [-0.2, 0) is 0 Å². The van der Waals surface area contributed by atoms with Crippen LogP contribution in [0, 0.1) is 5.82 Å². The normalized spacial score (nSPS) is 11.2. The first-order valence-electron chi connectivity index (χ1n) is 6.31. The molecule has 0 spiro atoms. The SMILES string of the molecule is Fc1cccc2[nH]c(-c3nccc4ccccc34)nc12. The van der Waals surface area contributed by atoms with Gasteiger partial charge in [0.2, 0.25) is 0 Å². The molecule has 0 atom stereocenters. The van der Waals surface area contributed by atoms with Crippen molar-refractivity contribution in [2.45, 2.75) is 0 Å². The van der Waals surface area contributed by atoms with Crippen LogP contribution in [0.2, 0.25) is 0 Å². The zero-order chi connectivity index (χ0) is 13.5. The number of halogens is 1. The molecule has 4 aromatic rings. The maximum atomic E-state index is 13.7. The second kappa shape index (κ2) is 4.13. The first-order valence-corrected chi connectivity index (χ1v) is 6.31. The van der Waals surface area contributed by atoms with E-state index in [1.54, 1.807) is 18.3 Å². The molecule has 0 saturated heterocycles. The molecular weight excluding hydrogens is 253 g/mol. The summed E-state index contributed by atoms with van der Waals surface area (Å²) in [4.78, 5) is 11.9. The Kier molecular flexibility index (Phi) is 2.29. The fraction of sp³-hybridized carbons (Fsp3) is 0. The summed E-state index contributed by atoms with van der Waals surface area (Å²) in [5.74, 6) is 0.257. The molecule has 3 nitrogen and oxygen atoms in total. The molecule has 0 fully saturated rings. The molecule has 0 aliphatic rings. The number of hydrogen-bond donors (Lipinski definition) is 1. The van der Waals surface area contributed by atoms with E-state index in [9.17, 15) is 4.39 Å². The Bertz CT molecular complexity index is 922. The maximum Gasteiger partial charge on any atom is 0.157 e. The average Bonchev–Trinajstić information content (AvgIpc) is 2.92. The molecule has 96 valence electrons. The Labute approximate surface area is 114 Å². The fourth-order valence-corrected chi connectivity index (χ4v) is 2.42. The molecular formula is C16H10FN3. The van der Waals surface area contributed by atoms with Crippen molar-refractivity contribution in [1.82, 2.24) is 15.0 Å². The highest BCUT2D eigenvalue weighted by Crippen LogP contribution is 2.26. The number of nitrogens with one attached hydrogen (secondary N) is 1. The van der Waals surface area contributed by atoms with Gasteiger partial charge in [-0.1, -0.05) is 30.3 Å². The minimum absolute atomic E-state index is 0.328. The predicted molar refractivity (Wildman–Crippen MR) is 76.8 cm³/mol. The minimum Gasteiger partial charge on any atom is -0.337 e. The lowest BCUT2D eigenvalue weighted by atomic mass is 10.1. The lowest BCUT2D eigenvalue weighted by Gasteiger charge is -2.01. The molecule has 0 aliphatic carbocycles. The largest absolute Gasteiger partial charge is 0.337 e. The van der Waals surface area contributed by atoms with E-state index >= 15 is 0 Å². The highest BCUT2D eigenvalue weighted by molar-refractivity contribution is 5.94. The van der Waals surface area contributed by atoms with Crippen LogP contribution in [0.25, 0.3) is 33.3 Å². The Morgan fingerprint density at radius 1 is 0.950 bits per heavy atom. The smallest absolute Gasteiger partial charge is 0.157 e. The average molecular weight is 263 g/mol. The van der Waals surface area contributed by atoms with Crippen molar-refractivity contribution in [3.05, 3.63) is 60.5 Å². The number of H-pyrrole nitrogens is 1. The summed E-state index contributed by atoms with van der Waals surface area (Å²) in [5.41, 5.74) is 1.76. The predicted octanol–water partition coefficient (Wildman–Crippen LogP) is 3.92. The van der Waals surface area contributed by atoms with Crippen molar-refractivity contribution in [2.75, 3.05) is 0 Å². The van der Waals surface area contributed by atoms with Crippen LogP contribution in [0.15, 0.2) is 54.7 Å². The third kappa shape index (κ3) is 1.58. The van der Waals surface area contributed by atoms with Crippen molar-refractivity contribution in [3.63, 3.8) is 0 Å². The summed E-state index contributed by atoms with van der Waals surface area (Å²) < 4.78 is 13.7. The molecule has 0 amide bonds. The summed E-state index contributed by atoms with van der Waals surface area (Å²) in [6, 6.07) is 14.8. The Morgan fingerprint density at radius 3 is 2.75 bits per heavy atom.